The number of rotatable bonds is 5. The minimum absolute atomic E-state index is 0.0734. The number of nitrogens with one attached hydrogen (secondary N) is 1. The Balaban J connectivity index is 2.16. The summed E-state index contributed by atoms with van der Waals surface area (Å²) >= 11 is 5.95. The predicted molar refractivity (Wildman–Crippen MR) is 80.7 cm³/mol. The second-order valence-electron chi connectivity index (χ2n) is 5.16. The van der Waals surface area contributed by atoms with Crippen molar-refractivity contribution in [3.63, 3.8) is 0 Å². The number of benzene rings is 2. The van der Waals surface area contributed by atoms with Crippen molar-refractivity contribution in [1.82, 2.24) is 0 Å². The van der Waals surface area contributed by atoms with Crippen molar-refractivity contribution in [3.8, 4) is 0 Å². The summed E-state index contributed by atoms with van der Waals surface area (Å²) < 4.78 is 13.2. The third-order valence-corrected chi connectivity index (χ3v) is 3.34. The number of aliphatic hydroxyl groups is 1. The van der Waals surface area contributed by atoms with Crippen molar-refractivity contribution >= 4 is 17.3 Å². The molecule has 0 aliphatic rings. The summed E-state index contributed by atoms with van der Waals surface area (Å²) in [4.78, 5) is 0. The van der Waals surface area contributed by atoms with Crippen LogP contribution in [0.5, 0.6) is 0 Å². The Morgan fingerprint density at radius 3 is 2.60 bits per heavy atom. The normalized spacial score (nSPS) is 13.8. The molecule has 1 unspecified atom stereocenters. The molecular weight excluding hydrogens is 277 g/mol. The van der Waals surface area contributed by atoms with Gasteiger partial charge in [0.1, 0.15) is 5.82 Å². The molecule has 20 heavy (non-hydrogen) atoms. The molecule has 2 aromatic carbocycles. The minimum atomic E-state index is -0.585. The van der Waals surface area contributed by atoms with Gasteiger partial charge in [0.25, 0.3) is 0 Å². The lowest BCUT2D eigenvalue weighted by atomic mass is 9.93. The zero-order valence-corrected chi connectivity index (χ0v) is 12.0. The molecule has 0 fully saturated rings. The Morgan fingerprint density at radius 1 is 1.20 bits per heavy atom. The van der Waals surface area contributed by atoms with Gasteiger partial charge in [0, 0.05) is 10.7 Å². The van der Waals surface area contributed by atoms with E-state index >= 15 is 0 Å². The van der Waals surface area contributed by atoms with Gasteiger partial charge in [0.2, 0.25) is 0 Å². The molecule has 1 atom stereocenters. The van der Waals surface area contributed by atoms with Crippen LogP contribution in [0.25, 0.3) is 0 Å². The molecule has 0 spiro atoms. The molecule has 0 aromatic heterocycles. The molecule has 4 heteroatoms. The van der Waals surface area contributed by atoms with Crippen LogP contribution in [0.3, 0.4) is 0 Å². The van der Waals surface area contributed by atoms with Gasteiger partial charge >= 0.3 is 0 Å². The van der Waals surface area contributed by atoms with Crippen molar-refractivity contribution in [2.45, 2.75) is 18.9 Å². The summed E-state index contributed by atoms with van der Waals surface area (Å²) in [6.07, 6.45) is 0.508. The molecule has 0 aliphatic heterocycles. The quantitative estimate of drug-likeness (QED) is 0.877. The van der Waals surface area contributed by atoms with Gasteiger partial charge < -0.3 is 10.4 Å². The van der Waals surface area contributed by atoms with Gasteiger partial charge in [0.15, 0.2) is 0 Å². The zero-order valence-electron chi connectivity index (χ0n) is 11.2. The SMILES string of the molecule is CC(CO)(Cc1cccc(F)c1)Nc1cccc(Cl)c1. The highest BCUT2D eigenvalue weighted by Gasteiger charge is 2.23. The van der Waals surface area contributed by atoms with Gasteiger partial charge in [-0.05, 0) is 49.2 Å². The number of hydrogen-bond donors (Lipinski definition) is 2. The van der Waals surface area contributed by atoms with E-state index in [2.05, 4.69) is 5.32 Å². The summed E-state index contributed by atoms with van der Waals surface area (Å²) in [6.45, 7) is 1.81. The molecule has 2 N–H and O–H groups in total. The first-order valence-corrected chi connectivity index (χ1v) is 6.78. The predicted octanol–water partition coefficient (Wildman–Crippen LogP) is 3.88. The molecule has 0 saturated heterocycles. The Labute approximate surface area is 123 Å². The molecule has 0 heterocycles. The number of anilines is 1. The van der Waals surface area contributed by atoms with Crippen molar-refractivity contribution in [2.75, 3.05) is 11.9 Å². The molecule has 2 rings (SSSR count). The lowest BCUT2D eigenvalue weighted by molar-refractivity contribution is 0.222. The third-order valence-electron chi connectivity index (χ3n) is 3.10. The highest BCUT2D eigenvalue weighted by atomic mass is 35.5. The zero-order chi connectivity index (χ0) is 14.6. The largest absolute Gasteiger partial charge is 0.394 e. The Kier molecular flexibility index (Phi) is 4.63. The molecule has 0 amide bonds. The van der Waals surface area contributed by atoms with Gasteiger partial charge in [-0.2, -0.15) is 0 Å². The van der Waals surface area contributed by atoms with Crippen LogP contribution in [0.4, 0.5) is 10.1 Å². The van der Waals surface area contributed by atoms with Gasteiger partial charge in [-0.15, -0.1) is 0 Å². The maximum absolute atomic E-state index is 13.2. The maximum atomic E-state index is 13.2. The molecule has 0 saturated carbocycles. The van der Waals surface area contributed by atoms with Crippen LogP contribution < -0.4 is 5.32 Å². The molecule has 2 aromatic rings. The average Bonchev–Trinajstić information content (AvgIpc) is 2.38. The fraction of sp³-hybridized carbons (Fsp3) is 0.250. The molecule has 0 bridgehead atoms. The summed E-state index contributed by atoms with van der Waals surface area (Å²) in [5.74, 6) is -0.273. The fourth-order valence-electron chi connectivity index (χ4n) is 2.15. The van der Waals surface area contributed by atoms with Crippen LogP contribution in [0.1, 0.15) is 12.5 Å². The Morgan fingerprint density at radius 2 is 1.95 bits per heavy atom. The lowest BCUT2D eigenvalue weighted by Gasteiger charge is -2.30. The highest BCUT2D eigenvalue weighted by Crippen LogP contribution is 2.22. The maximum Gasteiger partial charge on any atom is 0.123 e. The first kappa shape index (κ1) is 14.8. The van der Waals surface area contributed by atoms with E-state index in [9.17, 15) is 9.50 Å². The standard InChI is InChI=1S/C16H17ClFNO/c1-16(11-20,10-12-4-2-6-14(18)8-12)19-15-7-3-5-13(17)9-15/h2-9,19-20H,10-11H2,1H3. The monoisotopic (exact) mass is 293 g/mol. The fourth-order valence-corrected chi connectivity index (χ4v) is 2.34. The van der Waals surface area contributed by atoms with Crippen molar-refractivity contribution < 1.29 is 9.50 Å². The smallest absolute Gasteiger partial charge is 0.123 e. The number of hydrogen-bond acceptors (Lipinski definition) is 2. The van der Waals surface area contributed by atoms with Crippen LogP contribution in [0.15, 0.2) is 48.5 Å². The molecular formula is C16H17ClFNO. The van der Waals surface area contributed by atoms with Crippen LogP contribution in [0.2, 0.25) is 5.02 Å². The summed E-state index contributed by atoms with van der Waals surface area (Å²) in [6, 6.07) is 13.7. The van der Waals surface area contributed by atoms with E-state index in [0.717, 1.165) is 11.3 Å². The molecule has 0 aliphatic carbocycles. The van der Waals surface area contributed by atoms with E-state index in [0.29, 0.717) is 11.4 Å². The van der Waals surface area contributed by atoms with E-state index in [4.69, 9.17) is 11.6 Å². The summed E-state index contributed by atoms with van der Waals surface area (Å²) in [5.41, 5.74) is 1.07. The molecule has 0 radical (unpaired) electrons. The Hall–Kier alpha value is -1.58. The van der Waals surface area contributed by atoms with Crippen LogP contribution in [-0.4, -0.2) is 17.3 Å². The number of halogens is 2. The van der Waals surface area contributed by atoms with E-state index in [1.165, 1.54) is 12.1 Å². The van der Waals surface area contributed by atoms with Crippen LogP contribution in [-0.2, 0) is 6.42 Å². The average molecular weight is 294 g/mol. The van der Waals surface area contributed by atoms with Gasteiger partial charge in [-0.25, -0.2) is 4.39 Å². The van der Waals surface area contributed by atoms with Crippen molar-refractivity contribution in [1.29, 1.82) is 0 Å². The molecule has 2 nitrogen and oxygen atoms in total. The third kappa shape index (κ3) is 3.95. The minimum Gasteiger partial charge on any atom is -0.394 e. The topological polar surface area (TPSA) is 32.3 Å². The van der Waals surface area contributed by atoms with E-state index in [1.807, 2.05) is 25.1 Å². The first-order chi connectivity index (χ1) is 9.50. The Bertz CT molecular complexity index is 541. The second kappa shape index (κ2) is 6.25. The van der Waals surface area contributed by atoms with Crippen molar-refractivity contribution in [2.24, 2.45) is 0 Å². The van der Waals surface area contributed by atoms with E-state index in [1.54, 1.807) is 18.2 Å². The highest BCUT2D eigenvalue weighted by molar-refractivity contribution is 6.30. The van der Waals surface area contributed by atoms with E-state index in [-0.39, 0.29) is 12.4 Å². The summed E-state index contributed by atoms with van der Waals surface area (Å²) in [7, 11) is 0. The van der Waals surface area contributed by atoms with Crippen molar-refractivity contribution in [3.05, 3.63) is 64.9 Å². The van der Waals surface area contributed by atoms with Crippen LogP contribution >= 0.6 is 11.6 Å². The van der Waals surface area contributed by atoms with Crippen LogP contribution in [0, 0.1) is 5.82 Å². The lowest BCUT2D eigenvalue weighted by Crippen LogP contribution is -2.41. The van der Waals surface area contributed by atoms with E-state index < -0.39 is 5.54 Å². The van der Waals surface area contributed by atoms with Gasteiger partial charge in [-0.3, -0.25) is 0 Å². The first-order valence-electron chi connectivity index (χ1n) is 6.40. The summed E-state index contributed by atoms with van der Waals surface area (Å²) in [5, 5.41) is 13.5. The second-order valence-corrected chi connectivity index (χ2v) is 5.60. The van der Waals surface area contributed by atoms with Gasteiger partial charge in [-0.1, -0.05) is 29.8 Å². The number of aliphatic hydroxyl groups excluding tert-OH is 1. The molecule has 106 valence electrons. The van der Waals surface area contributed by atoms with Gasteiger partial charge in [0.05, 0.1) is 12.1 Å².